The molecule has 0 spiro atoms. The molecule has 3 aromatic carbocycles. The van der Waals surface area contributed by atoms with Crippen LogP contribution < -0.4 is 5.32 Å². The smallest absolute Gasteiger partial charge is 0.325 e. The minimum Gasteiger partial charge on any atom is -0.333 e. The quantitative estimate of drug-likeness (QED) is 0.502. The van der Waals surface area contributed by atoms with Gasteiger partial charge in [0.05, 0.1) is 6.04 Å². The fraction of sp³-hybridized carbons (Fsp3) is 0.300. The summed E-state index contributed by atoms with van der Waals surface area (Å²) in [4.78, 5) is 42.4. The first-order valence-corrected chi connectivity index (χ1v) is 12.1. The minimum absolute atomic E-state index is 0.0283. The Hall–Kier alpha value is -3.93. The molecule has 0 bridgehead atoms. The molecule has 0 saturated carbocycles. The predicted molar refractivity (Wildman–Crippen MR) is 140 cm³/mol. The van der Waals surface area contributed by atoms with Gasteiger partial charge in [0.15, 0.2) is 0 Å². The van der Waals surface area contributed by atoms with Gasteiger partial charge in [-0.05, 0) is 34.6 Å². The monoisotopic (exact) mass is 483 g/mol. The molecule has 36 heavy (non-hydrogen) atoms. The van der Waals surface area contributed by atoms with E-state index >= 15 is 0 Å². The number of amides is 4. The first-order valence-electron chi connectivity index (χ1n) is 12.1. The van der Waals surface area contributed by atoms with E-state index in [0.29, 0.717) is 5.56 Å². The topological polar surface area (TPSA) is 69.7 Å². The molecule has 186 valence electrons. The van der Waals surface area contributed by atoms with Crippen LogP contribution in [0.4, 0.5) is 4.79 Å². The van der Waals surface area contributed by atoms with Crippen LogP contribution >= 0.6 is 0 Å². The SMILES string of the molecule is CN(C(=O)CN1C(=O)NC(C)(c2ccc(C(C)(C)C)cc2)C1=O)C(c1ccccc1)c1ccccc1. The van der Waals surface area contributed by atoms with Crippen molar-refractivity contribution in [2.45, 2.75) is 44.7 Å². The lowest BCUT2D eigenvalue weighted by molar-refractivity contribution is -0.139. The van der Waals surface area contributed by atoms with Crippen molar-refractivity contribution in [1.82, 2.24) is 15.1 Å². The van der Waals surface area contributed by atoms with Gasteiger partial charge >= 0.3 is 6.03 Å². The molecule has 1 aliphatic heterocycles. The average molecular weight is 484 g/mol. The van der Waals surface area contributed by atoms with Crippen LogP contribution in [0.25, 0.3) is 0 Å². The van der Waals surface area contributed by atoms with Gasteiger partial charge in [-0.3, -0.25) is 14.5 Å². The third-order valence-corrected chi connectivity index (χ3v) is 6.91. The number of likely N-dealkylation sites (N-methyl/N-ethyl adjacent to an activating group) is 1. The molecule has 1 N–H and O–H groups in total. The molecule has 6 heteroatoms. The zero-order valence-electron chi connectivity index (χ0n) is 21.5. The van der Waals surface area contributed by atoms with Gasteiger partial charge in [0.1, 0.15) is 12.1 Å². The number of hydrogen-bond donors (Lipinski definition) is 1. The second-order valence-electron chi connectivity index (χ2n) is 10.5. The number of benzene rings is 3. The zero-order chi connectivity index (χ0) is 26.1. The number of urea groups is 1. The molecule has 1 fully saturated rings. The van der Waals surface area contributed by atoms with E-state index in [0.717, 1.165) is 21.6 Å². The van der Waals surface area contributed by atoms with Crippen LogP contribution in [-0.2, 0) is 20.5 Å². The summed E-state index contributed by atoms with van der Waals surface area (Å²) in [6.45, 7) is 7.70. The molecule has 1 atom stereocenters. The number of nitrogens with zero attached hydrogens (tertiary/aromatic N) is 2. The highest BCUT2D eigenvalue weighted by Crippen LogP contribution is 2.32. The van der Waals surface area contributed by atoms with Crippen LogP contribution in [0.1, 0.15) is 56.0 Å². The van der Waals surface area contributed by atoms with Crippen molar-refractivity contribution in [2.75, 3.05) is 13.6 Å². The van der Waals surface area contributed by atoms with Crippen LogP contribution in [-0.4, -0.2) is 41.2 Å². The second kappa shape index (κ2) is 9.61. The predicted octanol–water partition coefficient (Wildman–Crippen LogP) is 5.00. The van der Waals surface area contributed by atoms with Gasteiger partial charge in [0, 0.05) is 7.05 Å². The Balaban J connectivity index is 1.56. The molecule has 1 saturated heterocycles. The average Bonchev–Trinajstić information content (AvgIpc) is 3.08. The maximum absolute atomic E-state index is 13.5. The third-order valence-electron chi connectivity index (χ3n) is 6.91. The van der Waals surface area contributed by atoms with Gasteiger partial charge in [0.25, 0.3) is 5.91 Å². The van der Waals surface area contributed by atoms with Crippen LogP contribution in [0.2, 0.25) is 0 Å². The molecule has 0 radical (unpaired) electrons. The number of imide groups is 1. The maximum atomic E-state index is 13.5. The summed E-state index contributed by atoms with van der Waals surface area (Å²) in [5.41, 5.74) is 2.45. The summed E-state index contributed by atoms with van der Waals surface area (Å²) >= 11 is 0. The zero-order valence-corrected chi connectivity index (χ0v) is 21.5. The number of rotatable bonds is 6. The summed E-state index contributed by atoms with van der Waals surface area (Å²) in [6, 6.07) is 26.2. The molecule has 1 heterocycles. The Labute approximate surface area is 212 Å². The fourth-order valence-electron chi connectivity index (χ4n) is 4.64. The molecule has 6 nitrogen and oxygen atoms in total. The number of nitrogens with one attached hydrogen (secondary N) is 1. The van der Waals surface area contributed by atoms with Gasteiger partial charge < -0.3 is 10.2 Å². The van der Waals surface area contributed by atoms with Crippen molar-refractivity contribution in [3.05, 3.63) is 107 Å². The van der Waals surface area contributed by atoms with E-state index < -0.39 is 17.5 Å². The lowest BCUT2D eigenvalue weighted by atomic mass is 9.84. The molecule has 4 amide bonds. The lowest BCUT2D eigenvalue weighted by Crippen LogP contribution is -2.44. The highest BCUT2D eigenvalue weighted by Gasteiger charge is 2.49. The van der Waals surface area contributed by atoms with Crippen molar-refractivity contribution < 1.29 is 14.4 Å². The molecule has 0 aliphatic carbocycles. The fourth-order valence-corrected chi connectivity index (χ4v) is 4.64. The van der Waals surface area contributed by atoms with Crippen molar-refractivity contribution in [1.29, 1.82) is 0 Å². The van der Waals surface area contributed by atoms with Gasteiger partial charge in [-0.15, -0.1) is 0 Å². The van der Waals surface area contributed by atoms with Crippen molar-refractivity contribution in [3.63, 3.8) is 0 Å². The van der Waals surface area contributed by atoms with E-state index in [2.05, 4.69) is 26.1 Å². The Bertz CT molecular complexity index is 1210. The standard InChI is InChI=1S/C30H33N3O3/c1-29(2,3)23-16-18-24(19-17-23)30(4)27(35)33(28(36)31-30)20-25(34)32(5)26(21-12-8-6-9-13-21)22-14-10-7-11-15-22/h6-19,26H,20H2,1-5H3,(H,31,36). The van der Waals surface area contributed by atoms with Crippen LogP contribution in [0.5, 0.6) is 0 Å². The normalized spacial score (nSPS) is 17.9. The third kappa shape index (κ3) is 4.76. The Morgan fingerprint density at radius 1 is 0.889 bits per heavy atom. The molecule has 0 aromatic heterocycles. The van der Waals surface area contributed by atoms with Gasteiger partial charge in [-0.2, -0.15) is 0 Å². The first kappa shape index (κ1) is 25.2. The highest BCUT2D eigenvalue weighted by molar-refractivity contribution is 6.09. The molecular weight excluding hydrogens is 450 g/mol. The van der Waals surface area contributed by atoms with E-state index in [1.54, 1.807) is 18.9 Å². The van der Waals surface area contributed by atoms with Crippen LogP contribution in [0, 0.1) is 0 Å². The van der Waals surface area contributed by atoms with E-state index in [-0.39, 0.29) is 23.9 Å². The number of hydrogen-bond acceptors (Lipinski definition) is 3. The summed E-state index contributed by atoms with van der Waals surface area (Å²) in [7, 11) is 1.70. The molecule has 3 aromatic rings. The van der Waals surface area contributed by atoms with Gasteiger partial charge in [-0.25, -0.2) is 4.79 Å². The van der Waals surface area contributed by atoms with Crippen LogP contribution in [0.15, 0.2) is 84.9 Å². The second-order valence-corrected chi connectivity index (χ2v) is 10.5. The Kier molecular flexibility index (Phi) is 6.72. The van der Waals surface area contributed by atoms with Crippen molar-refractivity contribution in [3.8, 4) is 0 Å². The van der Waals surface area contributed by atoms with Crippen LogP contribution in [0.3, 0.4) is 0 Å². The number of carbonyl (C=O) groups is 3. The van der Waals surface area contributed by atoms with Crippen molar-refractivity contribution in [2.24, 2.45) is 0 Å². The van der Waals surface area contributed by atoms with Gasteiger partial charge in [0.2, 0.25) is 5.91 Å². The number of carbonyl (C=O) groups excluding carboxylic acids is 3. The lowest BCUT2D eigenvalue weighted by Gasteiger charge is -2.30. The summed E-state index contributed by atoms with van der Waals surface area (Å²) in [6.07, 6.45) is 0. The molecule has 1 aliphatic rings. The molecular formula is C30H33N3O3. The Morgan fingerprint density at radius 3 is 1.86 bits per heavy atom. The Morgan fingerprint density at radius 2 is 1.39 bits per heavy atom. The van der Waals surface area contributed by atoms with Gasteiger partial charge in [-0.1, -0.05) is 106 Å². The highest BCUT2D eigenvalue weighted by atomic mass is 16.2. The summed E-state index contributed by atoms with van der Waals surface area (Å²) in [5, 5.41) is 2.81. The minimum atomic E-state index is -1.23. The van der Waals surface area contributed by atoms with E-state index in [9.17, 15) is 14.4 Å². The first-order chi connectivity index (χ1) is 17.0. The van der Waals surface area contributed by atoms with E-state index in [4.69, 9.17) is 0 Å². The summed E-state index contributed by atoms with van der Waals surface area (Å²) < 4.78 is 0. The van der Waals surface area contributed by atoms with E-state index in [1.807, 2.05) is 84.9 Å². The largest absolute Gasteiger partial charge is 0.333 e. The molecule has 4 rings (SSSR count). The molecule has 1 unspecified atom stereocenters. The summed E-state index contributed by atoms with van der Waals surface area (Å²) in [5.74, 6) is -0.766. The van der Waals surface area contributed by atoms with Crippen molar-refractivity contribution >= 4 is 17.8 Å². The van der Waals surface area contributed by atoms with E-state index in [1.165, 1.54) is 0 Å². The maximum Gasteiger partial charge on any atom is 0.325 e.